The van der Waals surface area contributed by atoms with Gasteiger partial charge in [0.05, 0.1) is 12.7 Å². The first kappa shape index (κ1) is 19.4. The molecule has 0 amide bonds. The van der Waals surface area contributed by atoms with Gasteiger partial charge in [0.15, 0.2) is 0 Å². The first-order valence-electron chi connectivity index (χ1n) is 3.75. The van der Waals surface area contributed by atoms with Gasteiger partial charge in [0.25, 0.3) is 0 Å². The van der Waals surface area contributed by atoms with Gasteiger partial charge in [-0.2, -0.15) is 0 Å². The largest absolute Gasteiger partial charge is 2.00 e. The number of hydrogen-bond donors (Lipinski definition) is 4. The van der Waals surface area contributed by atoms with Crippen molar-refractivity contribution >= 4 is 0 Å². The zero-order chi connectivity index (χ0) is 11.1. The Morgan fingerprint density at radius 3 is 1.20 bits per heavy atom. The van der Waals surface area contributed by atoms with E-state index in [1.165, 1.54) is 0 Å². The topological polar surface area (TPSA) is 97.8 Å². The van der Waals surface area contributed by atoms with Crippen LogP contribution in [0.25, 0.3) is 0 Å². The molecule has 2 heterocycles. The molecular weight excluding hydrogens is 243 g/mol. The van der Waals surface area contributed by atoms with Crippen LogP contribution in [0.15, 0.2) is 37.4 Å². The molecule has 0 fully saturated rings. The Balaban J connectivity index is -0.000000138. The minimum Gasteiger partial charge on any atom is -0.400 e. The fraction of sp³-hybridized carbons (Fsp3) is 0.250. The first-order valence-corrected chi connectivity index (χ1v) is 3.75. The summed E-state index contributed by atoms with van der Waals surface area (Å²) >= 11 is 0. The van der Waals surface area contributed by atoms with E-state index in [1.807, 2.05) is 0 Å². The SMILES string of the molecule is CO.CO.[Ni+2].c1c[nH]cn1.c1c[nH]cn1. The van der Waals surface area contributed by atoms with E-state index in [1.54, 1.807) is 37.4 Å². The van der Waals surface area contributed by atoms with Crippen molar-refractivity contribution in [2.75, 3.05) is 14.2 Å². The third-order valence-corrected chi connectivity index (χ3v) is 0.812. The van der Waals surface area contributed by atoms with Crippen LogP contribution >= 0.6 is 0 Å². The number of aliphatic hydroxyl groups is 2. The number of H-pyrrole nitrogens is 2. The number of rotatable bonds is 0. The summed E-state index contributed by atoms with van der Waals surface area (Å²) in [4.78, 5) is 12.8. The van der Waals surface area contributed by atoms with Crippen molar-refractivity contribution < 1.29 is 26.7 Å². The van der Waals surface area contributed by atoms with E-state index in [4.69, 9.17) is 10.2 Å². The minimum absolute atomic E-state index is 0. The summed E-state index contributed by atoms with van der Waals surface area (Å²) < 4.78 is 0. The van der Waals surface area contributed by atoms with E-state index in [0.29, 0.717) is 0 Å². The van der Waals surface area contributed by atoms with Crippen LogP contribution in [0.2, 0.25) is 0 Å². The summed E-state index contributed by atoms with van der Waals surface area (Å²) in [7, 11) is 2.00. The molecule has 2 aromatic heterocycles. The van der Waals surface area contributed by atoms with Crippen LogP contribution < -0.4 is 0 Å². The van der Waals surface area contributed by atoms with Gasteiger partial charge in [-0.05, 0) is 0 Å². The summed E-state index contributed by atoms with van der Waals surface area (Å²) in [6, 6.07) is 0. The van der Waals surface area contributed by atoms with Gasteiger partial charge in [-0.15, -0.1) is 0 Å². The van der Waals surface area contributed by atoms with Crippen LogP contribution in [0.5, 0.6) is 0 Å². The Bertz CT molecular complexity index is 164. The molecule has 0 aromatic carbocycles. The molecule has 88 valence electrons. The molecule has 0 aliphatic rings. The predicted octanol–water partition coefficient (Wildman–Crippen LogP) is 0.0339. The fourth-order valence-corrected chi connectivity index (χ4v) is 0.430. The average Bonchev–Trinajstić information content (AvgIpc) is 3.01. The van der Waals surface area contributed by atoms with E-state index in [0.717, 1.165) is 14.2 Å². The van der Waals surface area contributed by atoms with Gasteiger partial charge in [0, 0.05) is 39.0 Å². The number of aromatic nitrogens is 4. The molecule has 4 N–H and O–H groups in total. The van der Waals surface area contributed by atoms with E-state index in [-0.39, 0.29) is 16.5 Å². The molecule has 6 nitrogen and oxygen atoms in total. The smallest absolute Gasteiger partial charge is 0.400 e. The van der Waals surface area contributed by atoms with Crippen LogP contribution in [-0.2, 0) is 16.5 Å². The molecular formula is C8H16N4NiO2+2. The Morgan fingerprint density at radius 1 is 0.800 bits per heavy atom. The van der Waals surface area contributed by atoms with Crippen molar-refractivity contribution in [1.82, 2.24) is 19.9 Å². The van der Waals surface area contributed by atoms with Gasteiger partial charge < -0.3 is 20.2 Å². The first-order chi connectivity index (χ1) is 7.00. The molecule has 0 spiro atoms. The third-order valence-electron chi connectivity index (χ3n) is 0.812. The maximum absolute atomic E-state index is 7.00. The number of aliphatic hydroxyl groups excluding tert-OH is 2. The molecule has 0 saturated heterocycles. The number of nitrogens with one attached hydrogen (secondary N) is 2. The van der Waals surface area contributed by atoms with Crippen molar-refractivity contribution in [2.24, 2.45) is 0 Å². The quantitative estimate of drug-likeness (QED) is 0.502. The minimum atomic E-state index is 0. The normalized spacial score (nSPS) is 6.13. The Kier molecular flexibility index (Phi) is 29.8. The van der Waals surface area contributed by atoms with Gasteiger partial charge in [0.1, 0.15) is 0 Å². The maximum Gasteiger partial charge on any atom is 2.00 e. The van der Waals surface area contributed by atoms with Gasteiger partial charge in [-0.25, -0.2) is 9.97 Å². The Labute approximate surface area is 98.7 Å². The van der Waals surface area contributed by atoms with Gasteiger partial charge in [-0.3, -0.25) is 0 Å². The van der Waals surface area contributed by atoms with Crippen molar-refractivity contribution in [3.05, 3.63) is 37.4 Å². The molecule has 2 aromatic rings. The van der Waals surface area contributed by atoms with Crippen LogP contribution in [-0.4, -0.2) is 44.4 Å². The second-order valence-corrected chi connectivity index (χ2v) is 1.52. The summed E-state index contributed by atoms with van der Waals surface area (Å²) in [5.41, 5.74) is 0. The van der Waals surface area contributed by atoms with E-state index in [9.17, 15) is 0 Å². The van der Waals surface area contributed by atoms with Crippen molar-refractivity contribution in [3.8, 4) is 0 Å². The molecule has 0 unspecified atom stereocenters. The molecule has 0 atom stereocenters. The van der Waals surface area contributed by atoms with Crippen LogP contribution in [0.4, 0.5) is 0 Å². The summed E-state index contributed by atoms with van der Waals surface area (Å²) in [5, 5.41) is 14.0. The molecule has 0 bridgehead atoms. The fourth-order valence-electron chi connectivity index (χ4n) is 0.430. The Morgan fingerprint density at radius 2 is 1.13 bits per heavy atom. The average molecular weight is 259 g/mol. The zero-order valence-electron chi connectivity index (χ0n) is 8.57. The second kappa shape index (κ2) is 23.0. The zero-order valence-corrected chi connectivity index (χ0v) is 9.56. The number of nitrogens with zero attached hydrogens (tertiary/aromatic N) is 2. The second-order valence-electron chi connectivity index (χ2n) is 1.52. The van der Waals surface area contributed by atoms with Crippen molar-refractivity contribution in [1.29, 1.82) is 0 Å². The monoisotopic (exact) mass is 258 g/mol. The molecule has 0 radical (unpaired) electrons. The molecule has 0 aliphatic heterocycles. The van der Waals surface area contributed by atoms with Crippen LogP contribution in [0.3, 0.4) is 0 Å². The van der Waals surface area contributed by atoms with Gasteiger partial charge in [-0.1, -0.05) is 0 Å². The van der Waals surface area contributed by atoms with E-state index < -0.39 is 0 Å². The van der Waals surface area contributed by atoms with Crippen molar-refractivity contribution in [2.45, 2.75) is 0 Å². The maximum atomic E-state index is 7.00. The predicted molar refractivity (Wildman–Crippen MR) is 53.5 cm³/mol. The molecule has 7 heteroatoms. The summed E-state index contributed by atoms with van der Waals surface area (Å²) in [5.74, 6) is 0. The standard InChI is InChI=1S/2C3H4N2.2CH4O.Ni/c2*1-2-5-3-4-1;2*1-2;/h2*1-3H,(H,4,5);2*2H,1H3;/q;;;;+2. The molecule has 0 saturated carbocycles. The summed E-state index contributed by atoms with van der Waals surface area (Å²) in [6.45, 7) is 0. The van der Waals surface area contributed by atoms with Gasteiger partial charge in [0.2, 0.25) is 0 Å². The summed E-state index contributed by atoms with van der Waals surface area (Å²) in [6.07, 6.45) is 10.2. The van der Waals surface area contributed by atoms with Crippen LogP contribution in [0, 0.1) is 0 Å². The third kappa shape index (κ3) is 19.3. The van der Waals surface area contributed by atoms with E-state index in [2.05, 4.69) is 19.9 Å². The van der Waals surface area contributed by atoms with Crippen molar-refractivity contribution in [3.63, 3.8) is 0 Å². The number of aromatic amines is 2. The number of imidazole rings is 2. The number of hydrogen-bond acceptors (Lipinski definition) is 4. The van der Waals surface area contributed by atoms with Gasteiger partial charge >= 0.3 is 16.5 Å². The van der Waals surface area contributed by atoms with Crippen LogP contribution in [0.1, 0.15) is 0 Å². The molecule has 0 aliphatic carbocycles. The van der Waals surface area contributed by atoms with E-state index >= 15 is 0 Å². The molecule has 2 rings (SSSR count). The Hall–Kier alpha value is -1.17. The molecule has 15 heavy (non-hydrogen) atoms.